The Bertz CT molecular complexity index is 1230. The Kier molecular flexibility index (Phi) is 5.36. The number of hydrogen-bond acceptors (Lipinski definition) is 2. The number of ether oxygens (including phenoxy) is 1. The van der Waals surface area contributed by atoms with Gasteiger partial charge in [-0.15, -0.1) is 0 Å². The molecule has 5 heteroatoms. The van der Waals surface area contributed by atoms with E-state index in [0.29, 0.717) is 5.56 Å². The Morgan fingerprint density at radius 1 is 1.10 bits per heavy atom. The molecular formula is C25H24FN2O2+. The molecule has 0 spiro atoms. The molecule has 2 aromatic heterocycles. The maximum absolute atomic E-state index is 13.3. The van der Waals surface area contributed by atoms with E-state index < -0.39 is 0 Å². The van der Waals surface area contributed by atoms with Crippen molar-refractivity contribution in [3.05, 3.63) is 89.5 Å². The molecule has 152 valence electrons. The lowest BCUT2D eigenvalue weighted by atomic mass is 10.1. The summed E-state index contributed by atoms with van der Waals surface area (Å²) < 4.78 is 22.5. The molecule has 2 heterocycles. The molecule has 0 saturated carbocycles. The highest BCUT2D eigenvalue weighted by atomic mass is 19.1. The minimum absolute atomic E-state index is 0.242. The van der Waals surface area contributed by atoms with E-state index in [4.69, 9.17) is 4.74 Å². The van der Waals surface area contributed by atoms with Gasteiger partial charge >= 0.3 is 5.97 Å². The van der Waals surface area contributed by atoms with Crippen LogP contribution in [-0.2, 0) is 24.8 Å². The third-order valence-electron chi connectivity index (χ3n) is 5.60. The van der Waals surface area contributed by atoms with Crippen LogP contribution in [0.2, 0.25) is 0 Å². The van der Waals surface area contributed by atoms with Crippen molar-refractivity contribution in [2.24, 2.45) is 7.05 Å². The molecule has 0 aliphatic rings. The van der Waals surface area contributed by atoms with Gasteiger partial charge in [-0.2, -0.15) is 0 Å². The molecule has 4 aromatic rings. The molecular weight excluding hydrogens is 379 g/mol. The monoisotopic (exact) mass is 403 g/mol. The van der Waals surface area contributed by atoms with Gasteiger partial charge in [-0.05, 0) is 49.2 Å². The summed E-state index contributed by atoms with van der Waals surface area (Å²) in [5.41, 5.74) is 5.72. The minimum atomic E-state index is -0.312. The summed E-state index contributed by atoms with van der Waals surface area (Å²) in [7, 11) is 3.39. The molecule has 0 aliphatic carbocycles. The fourth-order valence-electron chi connectivity index (χ4n) is 4.00. The summed E-state index contributed by atoms with van der Waals surface area (Å²) in [5.74, 6) is -0.554. The van der Waals surface area contributed by atoms with E-state index in [1.807, 2.05) is 49.0 Å². The van der Waals surface area contributed by atoms with Crippen LogP contribution in [0.4, 0.5) is 4.39 Å². The number of halogens is 1. The molecule has 0 atom stereocenters. The Morgan fingerprint density at radius 3 is 2.57 bits per heavy atom. The summed E-state index contributed by atoms with van der Waals surface area (Å²) in [6.07, 6.45) is 2.82. The molecule has 30 heavy (non-hydrogen) atoms. The highest BCUT2D eigenvalue weighted by Crippen LogP contribution is 2.27. The van der Waals surface area contributed by atoms with E-state index in [2.05, 4.69) is 16.7 Å². The Balaban J connectivity index is 1.67. The van der Waals surface area contributed by atoms with Crippen LogP contribution in [0, 0.1) is 12.7 Å². The average Bonchev–Trinajstić information content (AvgIpc) is 3.04. The number of benzene rings is 2. The lowest BCUT2D eigenvalue weighted by molar-refractivity contribution is -0.660. The Labute approximate surface area is 175 Å². The topological polar surface area (TPSA) is 35.1 Å². The summed E-state index contributed by atoms with van der Waals surface area (Å²) in [6, 6.07) is 18.7. The number of carbonyl (C=O) groups excluding carboxylic acids is 1. The van der Waals surface area contributed by atoms with Crippen LogP contribution in [0.3, 0.4) is 0 Å². The molecule has 0 radical (unpaired) electrons. The number of pyridine rings is 1. The fourth-order valence-corrected chi connectivity index (χ4v) is 4.00. The van der Waals surface area contributed by atoms with Gasteiger partial charge in [0.2, 0.25) is 5.69 Å². The Morgan fingerprint density at radius 2 is 1.83 bits per heavy atom. The number of esters is 1. The van der Waals surface area contributed by atoms with Crippen molar-refractivity contribution in [1.29, 1.82) is 0 Å². The van der Waals surface area contributed by atoms with Crippen molar-refractivity contribution in [1.82, 2.24) is 4.57 Å². The molecule has 0 amide bonds. The maximum Gasteiger partial charge on any atom is 0.340 e. The second-order valence-electron chi connectivity index (χ2n) is 7.41. The molecule has 4 nitrogen and oxygen atoms in total. The van der Waals surface area contributed by atoms with Crippen LogP contribution < -0.4 is 4.57 Å². The number of methoxy groups -OCH3 is 1. The molecule has 2 aromatic carbocycles. The van der Waals surface area contributed by atoms with E-state index in [0.717, 1.165) is 40.8 Å². The number of aryl methyl sites for hydroxylation is 3. The first-order valence-electron chi connectivity index (χ1n) is 9.90. The van der Waals surface area contributed by atoms with Crippen LogP contribution in [0.15, 0.2) is 66.9 Å². The van der Waals surface area contributed by atoms with E-state index >= 15 is 0 Å². The zero-order valence-corrected chi connectivity index (χ0v) is 17.4. The third kappa shape index (κ3) is 3.59. The molecule has 0 N–H and O–H groups in total. The summed E-state index contributed by atoms with van der Waals surface area (Å²) in [4.78, 5) is 12.3. The largest absolute Gasteiger partial charge is 0.465 e. The first kappa shape index (κ1) is 19.8. The molecule has 0 fully saturated rings. The van der Waals surface area contributed by atoms with Crippen molar-refractivity contribution in [3.63, 3.8) is 0 Å². The van der Waals surface area contributed by atoms with E-state index in [1.54, 1.807) is 12.1 Å². The maximum atomic E-state index is 13.3. The second kappa shape index (κ2) is 8.11. The third-order valence-corrected chi connectivity index (χ3v) is 5.60. The lowest BCUT2D eigenvalue weighted by Crippen LogP contribution is -2.30. The number of rotatable bonds is 5. The fraction of sp³-hybridized carbons (Fsp3) is 0.200. The van der Waals surface area contributed by atoms with Crippen LogP contribution in [0.5, 0.6) is 0 Å². The van der Waals surface area contributed by atoms with Crippen LogP contribution in [0.1, 0.15) is 21.6 Å². The minimum Gasteiger partial charge on any atom is -0.465 e. The molecule has 4 rings (SSSR count). The van der Waals surface area contributed by atoms with Gasteiger partial charge in [-0.3, -0.25) is 0 Å². The van der Waals surface area contributed by atoms with Gasteiger partial charge < -0.3 is 9.30 Å². The van der Waals surface area contributed by atoms with Gasteiger partial charge in [0.15, 0.2) is 6.20 Å². The van der Waals surface area contributed by atoms with Crippen molar-refractivity contribution in [3.8, 4) is 11.3 Å². The first-order chi connectivity index (χ1) is 14.5. The highest BCUT2D eigenvalue weighted by molar-refractivity contribution is 6.05. The van der Waals surface area contributed by atoms with Crippen LogP contribution in [0.25, 0.3) is 22.2 Å². The quantitative estimate of drug-likeness (QED) is 0.360. The normalized spacial score (nSPS) is 11.1. The first-order valence-corrected chi connectivity index (χ1v) is 9.90. The molecule has 0 unspecified atom stereocenters. The van der Waals surface area contributed by atoms with Crippen LogP contribution in [-0.4, -0.2) is 17.6 Å². The van der Waals surface area contributed by atoms with Crippen molar-refractivity contribution in [2.75, 3.05) is 7.11 Å². The van der Waals surface area contributed by atoms with Gasteiger partial charge in [-0.25, -0.2) is 13.8 Å². The smallest absolute Gasteiger partial charge is 0.340 e. The highest BCUT2D eigenvalue weighted by Gasteiger charge is 2.20. The SMILES string of the molecule is COC(=O)c1c(C)n(CCc2cc[n+](C)c(-c3ccc(F)cc3)c2)c2ccccc12. The van der Waals surface area contributed by atoms with Gasteiger partial charge in [0, 0.05) is 40.8 Å². The molecule has 0 saturated heterocycles. The van der Waals surface area contributed by atoms with E-state index in [9.17, 15) is 9.18 Å². The zero-order valence-electron chi connectivity index (χ0n) is 17.4. The molecule has 0 aliphatic heterocycles. The molecule has 0 bridgehead atoms. The van der Waals surface area contributed by atoms with Gasteiger partial charge in [0.05, 0.1) is 12.7 Å². The van der Waals surface area contributed by atoms with Crippen molar-refractivity contribution in [2.45, 2.75) is 19.9 Å². The summed E-state index contributed by atoms with van der Waals surface area (Å²) >= 11 is 0. The standard InChI is InChI=1S/C25H24FN2O2/c1-17-24(25(29)30-3)21-6-4-5-7-22(21)28(17)15-13-18-12-14-27(2)23(16-18)19-8-10-20(26)11-9-19/h4-12,14,16H,13,15H2,1-3H3/q+1. The lowest BCUT2D eigenvalue weighted by Gasteiger charge is -2.09. The number of para-hydroxylation sites is 1. The summed E-state index contributed by atoms with van der Waals surface area (Å²) in [5, 5.41) is 0.910. The van der Waals surface area contributed by atoms with E-state index in [-0.39, 0.29) is 11.8 Å². The average molecular weight is 403 g/mol. The van der Waals surface area contributed by atoms with Crippen LogP contribution >= 0.6 is 0 Å². The van der Waals surface area contributed by atoms with Crippen molar-refractivity contribution < 1.29 is 18.5 Å². The zero-order chi connectivity index (χ0) is 21.3. The second-order valence-corrected chi connectivity index (χ2v) is 7.41. The number of hydrogen-bond donors (Lipinski definition) is 0. The predicted octanol–water partition coefficient (Wildman–Crippen LogP) is 4.61. The number of aromatic nitrogens is 2. The van der Waals surface area contributed by atoms with Gasteiger partial charge in [0.1, 0.15) is 12.9 Å². The summed E-state index contributed by atoms with van der Waals surface area (Å²) in [6.45, 7) is 2.70. The van der Waals surface area contributed by atoms with E-state index in [1.165, 1.54) is 24.8 Å². The van der Waals surface area contributed by atoms with Gasteiger partial charge in [0.25, 0.3) is 0 Å². The van der Waals surface area contributed by atoms with Crippen molar-refractivity contribution >= 4 is 16.9 Å². The van der Waals surface area contributed by atoms with Gasteiger partial charge in [-0.1, -0.05) is 18.2 Å². The number of carbonyl (C=O) groups is 1. The predicted molar refractivity (Wildman–Crippen MR) is 115 cm³/mol. The number of nitrogens with zero attached hydrogens (tertiary/aromatic N) is 2. The number of fused-ring (bicyclic) bond motifs is 1. The Hall–Kier alpha value is -3.47.